The van der Waals surface area contributed by atoms with Crippen LogP contribution in [0, 0.1) is 16.7 Å². The molecule has 1 aliphatic rings. The van der Waals surface area contributed by atoms with Gasteiger partial charge in [-0.2, -0.15) is 5.26 Å². The highest BCUT2D eigenvalue weighted by Crippen LogP contribution is 2.41. The van der Waals surface area contributed by atoms with Crippen molar-refractivity contribution in [3.05, 3.63) is 76.9 Å². The third-order valence-corrected chi connectivity index (χ3v) is 5.56. The van der Waals surface area contributed by atoms with E-state index in [-0.39, 0.29) is 12.0 Å². The van der Waals surface area contributed by atoms with Crippen LogP contribution in [0.15, 0.2) is 60.2 Å². The van der Waals surface area contributed by atoms with Gasteiger partial charge in [0.15, 0.2) is 0 Å². The number of hydrogen-bond donors (Lipinski definition) is 1. The molecule has 3 unspecified atom stereocenters. The molecule has 2 aromatic carbocycles. The summed E-state index contributed by atoms with van der Waals surface area (Å²) in [4.78, 5) is 0. The van der Waals surface area contributed by atoms with Crippen LogP contribution >= 0.6 is 0 Å². The highest BCUT2D eigenvalue weighted by Gasteiger charge is 2.40. The first-order chi connectivity index (χ1) is 11.6. The molecule has 2 aromatic rings. The summed E-state index contributed by atoms with van der Waals surface area (Å²) in [5.41, 5.74) is 10.9. The Bertz CT molecular complexity index is 785. The molecule has 0 amide bonds. The third-order valence-electron chi connectivity index (χ3n) is 5.56. The Balaban J connectivity index is 1.94. The molecule has 2 nitrogen and oxygen atoms in total. The predicted octanol–water partition coefficient (Wildman–Crippen LogP) is 4.68. The van der Waals surface area contributed by atoms with Gasteiger partial charge in [0.2, 0.25) is 0 Å². The van der Waals surface area contributed by atoms with E-state index >= 15 is 0 Å². The molecule has 3 rings (SSSR count). The fourth-order valence-electron chi connectivity index (χ4n) is 3.61. The normalized spacial score (nSPS) is 18.5. The van der Waals surface area contributed by atoms with E-state index in [9.17, 15) is 5.26 Å². The first-order valence-corrected chi connectivity index (χ1v) is 8.56. The SMILES string of the molecule is CC(c1ccccc1)C(C)(C#N)C(N)C1=Cc2ccccc2CC1. The quantitative estimate of drug-likeness (QED) is 0.890. The monoisotopic (exact) mass is 316 g/mol. The van der Waals surface area contributed by atoms with Gasteiger partial charge in [-0.15, -0.1) is 0 Å². The number of benzene rings is 2. The van der Waals surface area contributed by atoms with Crippen LogP contribution in [-0.2, 0) is 6.42 Å². The molecule has 0 fully saturated rings. The van der Waals surface area contributed by atoms with Crippen LogP contribution in [0.25, 0.3) is 6.08 Å². The summed E-state index contributed by atoms with van der Waals surface area (Å²) < 4.78 is 0. The van der Waals surface area contributed by atoms with E-state index in [2.05, 4.69) is 55.5 Å². The second-order valence-corrected chi connectivity index (χ2v) is 6.92. The lowest BCUT2D eigenvalue weighted by Crippen LogP contribution is -2.44. The molecule has 0 spiro atoms. The van der Waals surface area contributed by atoms with Gasteiger partial charge in [-0.25, -0.2) is 0 Å². The Labute approximate surface area is 144 Å². The first-order valence-electron chi connectivity index (χ1n) is 8.56. The Kier molecular flexibility index (Phi) is 4.55. The highest BCUT2D eigenvalue weighted by molar-refractivity contribution is 5.61. The smallest absolute Gasteiger partial charge is 0.0800 e. The molecule has 0 bridgehead atoms. The minimum atomic E-state index is -0.639. The molecule has 0 heterocycles. The van der Waals surface area contributed by atoms with E-state index in [0.29, 0.717) is 0 Å². The number of aryl methyl sites for hydroxylation is 1. The Morgan fingerprint density at radius 3 is 2.42 bits per heavy atom. The standard InChI is InChI=1S/C22H24N2/c1-16(17-8-4-3-5-9-17)22(2,15-23)21(24)20-13-12-18-10-6-7-11-19(18)14-20/h3-11,14,16,21H,12-13,24H2,1-2H3. The minimum absolute atomic E-state index is 0.0665. The van der Waals surface area contributed by atoms with E-state index in [0.717, 1.165) is 18.4 Å². The second-order valence-electron chi connectivity index (χ2n) is 6.92. The maximum Gasteiger partial charge on any atom is 0.0800 e. The van der Waals surface area contributed by atoms with Gasteiger partial charge in [0.05, 0.1) is 11.5 Å². The van der Waals surface area contributed by atoms with Gasteiger partial charge in [-0.05, 0) is 36.5 Å². The molecular formula is C22H24N2. The number of fused-ring (bicyclic) bond motifs is 1. The maximum atomic E-state index is 9.96. The van der Waals surface area contributed by atoms with Gasteiger partial charge in [-0.1, -0.05) is 73.2 Å². The minimum Gasteiger partial charge on any atom is -0.323 e. The fourth-order valence-corrected chi connectivity index (χ4v) is 3.61. The van der Waals surface area contributed by atoms with E-state index in [4.69, 9.17) is 5.73 Å². The van der Waals surface area contributed by atoms with Crippen LogP contribution in [0.4, 0.5) is 0 Å². The van der Waals surface area contributed by atoms with Crippen molar-refractivity contribution in [3.63, 3.8) is 0 Å². The summed E-state index contributed by atoms with van der Waals surface area (Å²) in [6.45, 7) is 4.10. The highest BCUT2D eigenvalue weighted by atomic mass is 14.7. The zero-order valence-electron chi connectivity index (χ0n) is 14.4. The Morgan fingerprint density at radius 1 is 1.04 bits per heavy atom. The Hall–Kier alpha value is -2.37. The van der Waals surface area contributed by atoms with Gasteiger partial charge in [0.1, 0.15) is 0 Å². The van der Waals surface area contributed by atoms with Crippen molar-refractivity contribution < 1.29 is 0 Å². The molecule has 24 heavy (non-hydrogen) atoms. The van der Waals surface area contributed by atoms with Gasteiger partial charge in [0, 0.05) is 12.0 Å². The summed E-state index contributed by atoms with van der Waals surface area (Å²) >= 11 is 0. The number of nitriles is 1. The average Bonchev–Trinajstić information content (AvgIpc) is 2.66. The van der Waals surface area contributed by atoms with Crippen molar-refractivity contribution >= 4 is 6.08 Å². The fraction of sp³-hybridized carbons (Fsp3) is 0.318. The van der Waals surface area contributed by atoms with Gasteiger partial charge < -0.3 is 5.73 Å². The van der Waals surface area contributed by atoms with Crippen LogP contribution in [0.3, 0.4) is 0 Å². The lowest BCUT2D eigenvalue weighted by atomic mass is 9.67. The van der Waals surface area contributed by atoms with Crippen LogP contribution in [0.2, 0.25) is 0 Å². The lowest BCUT2D eigenvalue weighted by Gasteiger charge is -2.37. The zero-order chi connectivity index (χ0) is 17.2. The summed E-state index contributed by atoms with van der Waals surface area (Å²) in [6.07, 6.45) is 4.12. The van der Waals surface area contributed by atoms with Crippen molar-refractivity contribution in [1.29, 1.82) is 5.26 Å². The maximum absolute atomic E-state index is 9.96. The van der Waals surface area contributed by atoms with Crippen LogP contribution in [0.1, 0.15) is 42.9 Å². The van der Waals surface area contributed by atoms with Crippen LogP contribution in [-0.4, -0.2) is 6.04 Å². The summed E-state index contributed by atoms with van der Waals surface area (Å²) in [5.74, 6) is 0.0665. The van der Waals surface area contributed by atoms with Crippen molar-refractivity contribution in [2.24, 2.45) is 11.1 Å². The lowest BCUT2D eigenvalue weighted by molar-refractivity contribution is 0.315. The molecule has 122 valence electrons. The topological polar surface area (TPSA) is 49.8 Å². The number of hydrogen-bond acceptors (Lipinski definition) is 2. The zero-order valence-corrected chi connectivity index (χ0v) is 14.4. The molecule has 1 aliphatic carbocycles. The van der Waals surface area contributed by atoms with Crippen molar-refractivity contribution in [3.8, 4) is 6.07 Å². The molecular weight excluding hydrogens is 292 g/mol. The molecule has 3 atom stereocenters. The number of nitrogens with zero attached hydrogens (tertiary/aromatic N) is 1. The van der Waals surface area contributed by atoms with Crippen molar-refractivity contribution in [2.45, 2.75) is 38.6 Å². The summed E-state index contributed by atoms with van der Waals surface area (Å²) in [7, 11) is 0. The predicted molar refractivity (Wildman–Crippen MR) is 99.3 cm³/mol. The number of rotatable bonds is 4. The van der Waals surface area contributed by atoms with Crippen molar-refractivity contribution in [2.75, 3.05) is 0 Å². The first kappa shape index (κ1) is 16.5. The third kappa shape index (κ3) is 2.88. The van der Waals surface area contributed by atoms with E-state index < -0.39 is 5.41 Å². The van der Waals surface area contributed by atoms with Gasteiger partial charge in [0.25, 0.3) is 0 Å². The summed E-state index contributed by atoms with van der Waals surface area (Å²) in [5, 5.41) is 9.96. The van der Waals surface area contributed by atoms with Gasteiger partial charge in [-0.3, -0.25) is 0 Å². The Morgan fingerprint density at radius 2 is 1.71 bits per heavy atom. The molecule has 0 saturated heterocycles. The molecule has 0 saturated carbocycles. The van der Waals surface area contributed by atoms with Crippen LogP contribution in [0.5, 0.6) is 0 Å². The average molecular weight is 316 g/mol. The van der Waals surface area contributed by atoms with Crippen LogP contribution < -0.4 is 5.73 Å². The molecule has 2 heteroatoms. The molecule has 0 aromatic heterocycles. The molecule has 2 N–H and O–H groups in total. The van der Waals surface area contributed by atoms with E-state index in [1.807, 2.05) is 25.1 Å². The molecule has 0 aliphatic heterocycles. The summed E-state index contributed by atoms with van der Waals surface area (Å²) in [6, 6.07) is 20.9. The van der Waals surface area contributed by atoms with Crippen molar-refractivity contribution in [1.82, 2.24) is 0 Å². The number of nitrogens with two attached hydrogens (primary N) is 1. The van der Waals surface area contributed by atoms with E-state index in [1.165, 1.54) is 16.7 Å². The largest absolute Gasteiger partial charge is 0.323 e. The van der Waals surface area contributed by atoms with Gasteiger partial charge >= 0.3 is 0 Å². The van der Waals surface area contributed by atoms with E-state index in [1.54, 1.807) is 0 Å². The molecule has 0 radical (unpaired) electrons. The second kappa shape index (κ2) is 6.63.